The molecule has 0 bridgehead atoms. The van der Waals surface area contributed by atoms with Crippen molar-refractivity contribution in [1.82, 2.24) is 4.98 Å². The molecule has 18 heavy (non-hydrogen) atoms. The SMILES string of the molecule is Cc1ccc2sc(-c3cc(N)cc(N)c3)nc2c1. The number of nitrogens with two attached hydrogens (primary N) is 2. The van der Waals surface area contributed by atoms with Crippen LogP contribution in [0.3, 0.4) is 0 Å². The molecule has 4 N–H and O–H groups in total. The molecule has 0 saturated carbocycles. The first-order valence-corrected chi connectivity index (χ1v) is 6.47. The largest absolute Gasteiger partial charge is 0.399 e. The fourth-order valence-corrected chi connectivity index (χ4v) is 2.89. The molecule has 0 amide bonds. The van der Waals surface area contributed by atoms with E-state index < -0.39 is 0 Å². The first-order valence-electron chi connectivity index (χ1n) is 5.65. The van der Waals surface area contributed by atoms with Gasteiger partial charge in [0.25, 0.3) is 0 Å². The van der Waals surface area contributed by atoms with Crippen molar-refractivity contribution in [2.75, 3.05) is 11.5 Å². The standard InChI is InChI=1S/C14H13N3S/c1-8-2-3-13-12(4-8)17-14(18-13)9-5-10(15)7-11(16)6-9/h2-7H,15-16H2,1H3. The highest BCUT2D eigenvalue weighted by Crippen LogP contribution is 2.32. The fourth-order valence-electron chi connectivity index (χ4n) is 1.96. The maximum absolute atomic E-state index is 5.81. The Morgan fingerprint density at radius 2 is 1.72 bits per heavy atom. The van der Waals surface area contributed by atoms with Crippen LogP contribution in [0.25, 0.3) is 20.8 Å². The number of fused-ring (bicyclic) bond motifs is 1. The van der Waals surface area contributed by atoms with Crippen LogP contribution in [0.5, 0.6) is 0 Å². The number of rotatable bonds is 1. The van der Waals surface area contributed by atoms with Gasteiger partial charge in [0.15, 0.2) is 0 Å². The Morgan fingerprint density at radius 1 is 1.00 bits per heavy atom. The molecule has 0 unspecified atom stereocenters. The minimum Gasteiger partial charge on any atom is -0.399 e. The summed E-state index contributed by atoms with van der Waals surface area (Å²) in [6, 6.07) is 11.8. The third-order valence-electron chi connectivity index (χ3n) is 2.77. The summed E-state index contributed by atoms with van der Waals surface area (Å²) in [5, 5.41) is 0.953. The van der Waals surface area contributed by atoms with Crippen LogP contribution in [0.2, 0.25) is 0 Å². The summed E-state index contributed by atoms with van der Waals surface area (Å²) < 4.78 is 1.18. The number of thiazole rings is 1. The molecular weight excluding hydrogens is 242 g/mol. The third kappa shape index (κ3) is 1.91. The zero-order valence-electron chi connectivity index (χ0n) is 9.97. The number of hydrogen-bond acceptors (Lipinski definition) is 4. The van der Waals surface area contributed by atoms with Crippen LogP contribution in [0.4, 0.5) is 11.4 Å². The van der Waals surface area contributed by atoms with E-state index in [0.29, 0.717) is 11.4 Å². The molecule has 1 heterocycles. The molecule has 0 aliphatic rings. The van der Waals surface area contributed by atoms with Crippen LogP contribution in [0, 0.1) is 6.92 Å². The lowest BCUT2D eigenvalue weighted by Gasteiger charge is -2.00. The van der Waals surface area contributed by atoms with Crippen LogP contribution < -0.4 is 11.5 Å². The lowest BCUT2D eigenvalue weighted by atomic mass is 10.2. The zero-order chi connectivity index (χ0) is 12.7. The third-order valence-corrected chi connectivity index (χ3v) is 3.85. The van der Waals surface area contributed by atoms with Gasteiger partial charge in [0, 0.05) is 16.9 Å². The van der Waals surface area contributed by atoms with Gasteiger partial charge in [-0.2, -0.15) is 0 Å². The van der Waals surface area contributed by atoms with Gasteiger partial charge < -0.3 is 11.5 Å². The van der Waals surface area contributed by atoms with Crippen molar-refractivity contribution in [3.05, 3.63) is 42.0 Å². The van der Waals surface area contributed by atoms with E-state index in [1.54, 1.807) is 17.4 Å². The van der Waals surface area contributed by atoms with Gasteiger partial charge in [0.05, 0.1) is 10.2 Å². The number of nitrogens with zero attached hydrogens (tertiary/aromatic N) is 1. The van der Waals surface area contributed by atoms with Gasteiger partial charge in [0.1, 0.15) is 5.01 Å². The number of hydrogen-bond donors (Lipinski definition) is 2. The summed E-state index contributed by atoms with van der Waals surface area (Å²) in [6.07, 6.45) is 0. The van der Waals surface area contributed by atoms with Crippen molar-refractivity contribution < 1.29 is 0 Å². The Labute approximate surface area is 109 Å². The highest BCUT2D eigenvalue weighted by molar-refractivity contribution is 7.21. The van der Waals surface area contributed by atoms with Crippen molar-refractivity contribution in [3.63, 3.8) is 0 Å². The van der Waals surface area contributed by atoms with Crippen molar-refractivity contribution >= 4 is 32.9 Å². The number of aromatic nitrogens is 1. The van der Waals surface area contributed by atoms with Crippen LogP contribution in [-0.2, 0) is 0 Å². The predicted octanol–water partition coefficient (Wildman–Crippen LogP) is 3.44. The van der Waals surface area contributed by atoms with Crippen LogP contribution in [-0.4, -0.2) is 4.98 Å². The van der Waals surface area contributed by atoms with Crippen molar-refractivity contribution in [1.29, 1.82) is 0 Å². The van der Waals surface area contributed by atoms with E-state index in [2.05, 4.69) is 30.1 Å². The Kier molecular flexibility index (Phi) is 2.45. The molecule has 0 atom stereocenters. The van der Waals surface area contributed by atoms with Crippen molar-refractivity contribution in [3.8, 4) is 10.6 Å². The lowest BCUT2D eigenvalue weighted by Crippen LogP contribution is -1.90. The molecule has 3 aromatic rings. The minimum absolute atomic E-state index is 0.667. The summed E-state index contributed by atoms with van der Waals surface area (Å²) in [5.74, 6) is 0. The molecule has 0 fully saturated rings. The zero-order valence-corrected chi connectivity index (χ0v) is 10.8. The second kappa shape index (κ2) is 3.99. The maximum Gasteiger partial charge on any atom is 0.124 e. The molecule has 3 nitrogen and oxygen atoms in total. The normalized spacial score (nSPS) is 10.9. The Hall–Kier alpha value is -2.07. The van der Waals surface area contributed by atoms with Crippen molar-refractivity contribution in [2.45, 2.75) is 6.92 Å². The topological polar surface area (TPSA) is 64.9 Å². The maximum atomic E-state index is 5.81. The first kappa shape index (κ1) is 11.0. The summed E-state index contributed by atoms with van der Waals surface area (Å²) >= 11 is 1.65. The van der Waals surface area contributed by atoms with Crippen LogP contribution in [0.15, 0.2) is 36.4 Å². The van der Waals surface area contributed by atoms with E-state index in [9.17, 15) is 0 Å². The second-order valence-electron chi connectivity index (χ2n) is 4.38. The molecule has 0 aliphatic carbocycles. The first-order chi connectivity index (χ1) is 8.61. The highest BCUT2D eigenvalue weighted by atomic mass is 32.1. The molecule has 1 aromatic heterocycles. The lowest BCUT2D eigenvalue weighted by molar-refractivity contribution is 1.44. The van der Waals surface area contributed by atoms with E-state index in [0.717, 1.165) is 16.1 Å². The van der Waals surface area contributed by atoms with Gasteiger partial charge in [0.2, 0.25) is 0 Å². The second-order valence-corrected chi connectivity index (χ2v) is 5.41. The number of aryl methyl sites for hydroxylation is 1. The summed E-state index contributed by atoms with van der Waals surface area (Å²) in [4.78, 5) is 4.63. The molecule has 90 valence electrons. The molecule has 3 rings (SSSR count). The summed E-state index contributed by atoms with van der Waals surface area (Å²) in [5.41, 5.74) is 16.2. The average Bonchev–Trinajstić information content (AvgIpc) is 2.70. The van der Waals surface area contributed by atoms with Gasteiger partial charge in [-0.05, 0) is 42.8 Å². The Balaban J connectivity index is 2.19. The van der Waals surface area contributed by atoms with Gasteiger partial charge in [-0.15, -0.1) is 11.3 Å². The number of nitrogen functional groups attached to an aromatic ring is 2. The quantitative estimate of drug-likeness (QED) is 0.655. The van der Waals surface area contributed by atoms with E-state index in [1.807, 2.05) is 12.1 Å². The van der Waals surface area contributed by atoms with Gasteiger partial charge in [-0.3, -0.25) is 0 Å². The van der Waals surface area contributed by atoms with E-state index in [1.165, 1.54) is 10.3 Å². The number of benzene rings is 2. The van der Waals surface area contributed by atoms with Crippen LogP contribution >= 0.6 is 11.3 Å². The van der Waals surface area contributed by atoms with E-state index in [4.69, 9.17) is 11.5 Å². The Bertz CT molecular complexity index is 711. The number of anilines is 2. The Morgan fingerprint density at radius 3 is 2.44 bits per heavy atom. The van der Waals surface area contributed by atoms with Gasteiger partial charge >= 0.3 is 0 Å². The average molecular weight is 255 g/mol. The molecule has 4 heteroatoms. The molecule has 2 aromatic carbocycles. The highest BCUT2D eigenvalue weighted by Gasteiger charge is 2.07. The molecule has 0 radical (unpaired) electrons. The smallest absolute Gasteiger partial charge is 0.124 e. The van der Waals surface area contributed by atoms with Gasteiger partial charge in [-0.1, -0.05) is 6.07 Å². The fraction of sp³-hybridized carbons (Fsp3) is 0.0714. The van der Waals surface area contributed by atoms with E-state index in [-0.39, 0.29) is 0 Å². The van der Waals surface area contributed by atoms with E-state index >= 15 is 0 Å². The summed E-state index contributed by atoms with van der Waals surface area (Å²) in [6.45, 7) is 2.07. The monoisotopic (exact) mass is 255 g/mol. The predicted molar refractivity (Wildman–Crippen MR) is 78.6 cm³/mol. The van der Waals surface area contributed by atoms with Crippen LogP contribution in [0.1, 0.15) is 5.56 Å². The van der Waals surface area contributed by atoms with Crippen molar-refractivity contribution in [2.24, 2.45) is 0 Å². The molecular formula is C14H13N3S. The minimum atomic E-state index is 0.667. The molecule has 0 aliphatic heterocycles. The molecule has 0 saturated heterocycles. The molecule has 0 spiro atoms. The summed E-state index contributed by atoms with van der Waals surface area (Å²) in [7, 11) is 0. The van der Waals surface area contributed by atoms with Gasteiger partial charge in [-0.25, -0.2) is 4.98 Å².